The molecule has 0 aliphatic carbocycles. The normalized spacial score (nSPS) is 20.8. The number of nitrogens with two attached hydrogens (primary N) is 2. The standard InChI is InChI=1S/C13H22N4O2S/c1-2-17-7-3-4-10(9-17)16-13-8-11(20(15,18)19)5-6-12(13)14/h5-6,8,10,16H,2-4,7,9,14H2,1H3,(H2,15,18,19). The van der Waals surface area contributed by atoms with Crippen LogP contribution in [0.5, 0.6) is 0 Å². The topological polar surface area (TPSA) is 101 Å². The van der Waals surface area contributed by atoms with Crippen molar-refractivity contribution >= 4 is 21.4 Å². The Morgan fingerprint density at radius 3 is 2.85 bits per heavy atom. The molecule has 1 aromatic carbocycles. The van der Waals surface area contributed by atoms with E-state index in [-0.39, 0.29) is 10.9 Å². The monoisotopic (exact) mass is 298 g/mol. The fourth-order valence-corrected chi connectivity index (χ4v) is 3.06. The van der Waals surface area contributed by atoms with Gasteiger partial charge >= 0.3 is 0 Å². The quantitative estimate of drug-likeness (QED) is 0.714. The number of nitrogen functional groups attached to an aromatic ring is 1. The van der Waals surface area contributed by atoms with Gasteiger partial charge in [0.25, 0.3) is 0 Å². The lowest BCUT2D eigenvalue weighted by Crippen LogP contribution is -2.41. The number of rotatable bonds is 4. The van der Waals surface area contributed by atoms with E-state index in [1.54, 1.807) is 6.07 Å². The minimum atomic E-state index is -3.70. The number of benzene rings is 1. The summed E-state index contributed by atoms with van der Waals surface area (Å²) in [5.41, 5.74) is 7.08. The van der Waals surface area contributed by atoms with Gasteiger partial charge < -0.3 is 16.0 Å². The second-order valence-corrected chi connectivity index (χ2v) is 6.73. The van der Waals surface area contributed by atoms with Crippen LogP contribution in [0, 0.1) is 0 Å². The zero-order valence-corrected chi connectivity index (χ0v) is 12.5. The second-order valence-electron chi connectivity index (χ2n) is 5.17. The lowest BCUT2D eigenvalue weighted by atomic mass is 10.1. The van der Waals surface area contributed by atoms with Crippen LogP contribution >= 0.6 is 0 Å². The van der Waals surface area contributed by atoms with Crippen LogP contribution in [0.4, 0.5) is 11.4 Å². The molecule has 0 radical (unpaired) electrons. The van der Waals surface area contributed by atoms with E-state index in [1.165, 1.54) is 12.1 Å². The molecule has 1 atom stereocenters. The van der Waals surface area contributed by atoms with Gasteiger partial charge in [-0.25, -0.2) is 13.6 Å². The Labute approximate surface area is 120 Å². The summed E-state index contributed by atoms with van der Waals surface area (Å²) in [6, 6.07) is 4.79. The summed E-state index contributed by atoms with van der Waals surface area (Å²) in [5, 5.41) is 8.49. The van der Waals surface area contributed by atoms with Gasteiger partial charge in [-0.15, -0.1) is 0 Å². The number of hydrogen-bond acceptors (Lipinski definition) is 5. The van der Waals surface area contributed by atoms with Crippen molar-refractivity contribution in [2.24, 2.45) is 5.14 Å². The third-order valence-electron chi connectivity index (χ3n) is 3.67. The predicted molar refractivity (Wildman–Crippen MR) is 81.0 cm³/mol. The number of hydrogen-bond donors (Lipinski definition) is 3. The van der Waals surface area contributed by atoms with Gasteiger partial charge in [0.2, 0.25) is 10.0 Å². The van der Waals surface area contributed by atoms with Crippen molar-refractivity contribution in [1.82, 2.24) is 4.90 Å². The van der Waals surface area contributed by atoms with E-state index < -0.39 is 10.0 Å². The zero-order chi connectivity index (χ0) is 14.8. The highest BCUT2D eigenvalue weighted by atomic mass is 32.2. The molecule has 1 heterocycles. The first-order chi connectivity index (χ1) is 9.40. The second kappa shape index (κ2) is 5.99. The van der Waals surface area contributed by atoms with E-state index in [2.05, 4.69) is 17.1 Å². The van der Waals surface area contributed by atoms with E-state index in [0.717, 1.165) is 32.5 Å². The van der Waals surface area contributed by atoms with Crippen LogP contribution in [0.15, 0.2) is 23.1 Å². The summed E-state index contributed by atoms with van der Waals surface area (Å²) in [7, 11) is -3.70. The van der Waals surface area contributed by atoms with Crippen LogP contribution in [0.2, 0.25) is 0 Å². The molecule has 1 aromatic rings. The fourth-order valence-electron chi connectivity index (χ4n) is 2.52. The smallest absolute Gasteiger partial charge is 0.238 e. The zero-order valence-electron chi connectivity index (χ0n) is 11.7. The minimum absolute atomic E-state index is 0.0809. The molecule has 1 fully saturated rings. The van der Waals surface area contributed by atoms with Gasteiger partial charge in [0.05, 0.1) is 16.3 Å². The lowest BCUT2D eigenvalue weighted by molar-refractivity contribution is 0.227. The summed E-state index contributed by atoms with van der Waals surface area (Å²) in [5.74, 6) is 0. The maximum atomic E-state index is 11.4. The highest BCUT2D eigenvalue weighted by molar-refractivity contribution is 7.89. The van der Waals surface area contributed by atoms with E-state index in [4.69, 9.17) is 10.9 Å². The number of nitrogens with one attached hydrogen (secondary N) is 1. The van der Waals surface area contributed by atoms with Crippen molar-refractivity contribution in [3.63, 3.8) is 0 Å². The first-order valence-electron chi connectivity index (χ1n) is 6.81. The van der Waals surface area contributed by atoms with Crippen LogP contribution in [-0.2, 0) is 10.0 Å². The van der Waals surface area contributed by atoms with Gasteiger partial charge in [-0.1, -0.05) is 6.92 Å². The molecule has 1 unspecified atom stereocenters. The minimum Gasteiger partial charge on any atom is -0.397 e. The van der Waals surface area contributed by atoms with Crippen LogP contribution in [0.3, 0.4) is 0 Å². The first-order valence-corrected chi connectivity index (χ1v) is 8.36. The molecule has 6 nitrogen and oxygen atoms in total. The van der Waals surface area contributed by atoms with Gasteiger partial charge in [-0.3, -0.25) is 0 Å². The number of sulfonamides is 1. The van der Waals surface area contributed by atoms with Gasteiger partial charge in [0.1, 0.15) is 0 Å². The third-order valence-corrected chi connectivity index (χ3v) is 4.58. The maximum Gasteiger partial charge on any atom is 0.238 e. The van der Waals surface area contributed by atoms with Crippen molar-refractivity contribution in [1.29, 1.82) is 0 Å². The number of nitrogens with zero attached hydrogens (tertiary/aromatic N) is 1. The molecule has 5 N–H and O–H groups in total. The third kappa shape index (κ3) is 3.62. The molecule has 2 rings (SSSR count). The largest absolute Gasteiger partial charge is 0.397 e. The molecular weight excluding hydrogens is 276 g/mol. The van der Waals surface area contributed by atoms with Crippen molar-refractivity contribution in [3.05, 3.63) is 18.2 Å². The molecular formula is C13H22N4O2S. The Kier molecular flexibility index (Phi) is 4.52. The Morgan fingerprint density at radius 1 is 1.45 bits per heavy atom. The number of likely N-dealkylation sites (N-methyl/N-ethyl adjacent to an activating group) is 1. The lowest BCUT2D eigenvalue weighted by Gasteiger charge is -2.33. The van der Waals surface area contributed by atoms with E-state index in [0.29, 0.717) is 11.4 Å². The average molecular weight is 298 g/mol. The highest BCUT2D eigenvalue weighted by Crippen LogP contribution is 2.24. The van der Waals surface area contributed by atoms with E-state index >= 15 is 0 Å². The average Bonchev–Trinajstić information content (AvgIpc) is 2.40. The summed E-state index contributed by atoms with van der Waals surface area (Å²) >= 11 is 0. The maximum absolute atomic E-state index is 11.4. The number of primary sulfonamides is 1. The molecule has 0 bridgehead atoms. The molecule has 1 aliphatic heterocycles. The summed E-state index contributed by atoms with van der Waals surface area (Å²) in [6.07, 6.45) is 2.18. The SMILES string of the molecule is CCN1CCCC(Nc2cc(S(N)(=O)=O)ccc2N)C1. The van der Waals surface area contributed by atoms with Crippen LogP contribution in [0.25, 0.3) is 0 Å². The number of anilines is 2. The summed E-state index contributed by atoms with van der Waals surface area (Å²) in [4.78, 5) is 2.44. The Bertz CT molecular complexity index is 574. The molecule has 1 saturated heterocycles. The Hall–Kier alpha value is -1.31. The molecule has 0 aromatic heterocycles. The molecule has 20 heavy (non-hydrogen) atoms. The molecule has 0 saturated carbocycles. The van der Waals surface area contributed by atoms with Crippen molar-refractivity contribution in [3.8, 4) is 0 Å². The molecule has 1 aliphatic rings. The highest BCUT2D eigenvalue weighted by Gasteiger charge is 2.19. The van der Waals surface area contributed by atoms with Crippen molar-refractivity contribution < 1.29 is 8.42 Å². The van der Waals surface area contributed by atoms with Gasteiger partial charge in [0.15, 0.2) is 0 Å². The first kappa shape index (κ1) is 15.1. The number of likely N-dealkylation sites (tertiary alicyclic amines) is 1. The Morgan fingerprint density at radius 2 is 2.20 bits per heavy atom. The fraction of sp³-hybridized carbons (Fsp3) is 0.538. The van der Waals surface area contributed by atoms with Gasteiger partial charge in [0, 0.05) is 12.6 Å². The molecule has 7 heteroatoms. The number of piperidine rings is 1. The Balaban J connectivity index is 2.16. The van der Waals surface area contributed by atoms with Gasteiger partial charge in [-0.05, 0) is 44.1 Å². The summed E-state index contributed by atoms with van der Waals surface area (Å²) in [6.45, 7) is 5.21. The molecule has 112 valence electrons. The summed E-state index contributed by atoms with van der Waals surface area (Å²) < 4.78 is 22.8. The predicted octanol–water partition coefficient (Wildman–Crippen LogP) is 0.812. The van der Waals surface area contributed by atoms with Crippen LogP contribution in [0.1, 0.15) is 19.8 Å². The van der Waals surface area contributed by atoms with E-state index in [1.807, 2.05) is 0 Å². The van der Waals surface area contributed by atoms with Crippen LogP contribution in [-0.4, -0.2) is 39.0 Å². The van der Waals surface area contributed by atoms with Crippen molar-refractivity contribution in [2.75, 3.05) is 30.7 Å². The van der Waals surface area contributed by atoms with Crippen molar-refractivity contribution in [2.45, 2.75) is 30.7 Å². The molecule has 0 amide bonds. The molecule has 0 spiro atoms. The van der Waals surface area contributed by atoms with Crippen LogP contribution < -0.4 is 16.2 Å². The van der Waals surface area contributed by atoms with Gasteiger partial charge in [-0.2, -0.15) is 0 Å². The van der Waals surface area contributed by atoms with E-state index in [9.17, 15) is 8.42 Å².